The maximum atomic E-state index is 13.3. The van der Waals surface area contributed by atoms with Gasteiger partial charge in [-0.1, -0.05) is 32.9 Å². The second-order valence-electron chi connectivity index (χ2n) is 9.60. The summed E-state index contributed by atoms with van der Waals surface area (Å²) >= 11 is 0. The normalized spacial score (nSPS) is 17.9. The van der Waals surface area contributed by atoms with Crippen LogP contribution in [0.2, 0.25) is 0 Å². The van der Waals surface area contributed by atoms with Crippen molar-refractivity contribution in [3.8, 4) is 5.75 Å². The van der Waals surface area contributed by atoms with E-state index >= 15 is 0 Å². The molecule has 3 aromatic rings. The molecule has 4 rings (SSSR count). The summed E-state index contributed by atoms with van der Waals surface area (Å²) in [5.74, 6) is -0.0272. The van der Waals surface area contributed by atoms with Gasteiger partial charge in [-0.15, -0.1) is 0 Å². The van der Waals surface area contributed by atoms with Crippen molar-refractivity contribution in [1.29, 1.82) is 0 Å². The molecule has 1 unspecified atom stereocenters. The molecule has 176 valence electrons. The Morgan fingerprint density at radius 1 is 1.00 bits per heavy atom. The van der Waals surface area contributed by atoms with Crippen LogP contribution in [-0.2, 0) is 15.0 Å². The number of anilines is 1. The van der Waals surface area contributed by atoms with Crippen molar-refractivity contribution in [3.63, 3.8) is 0 Å². The number of carbonyl (C=O) groups excluding carboxylic acids is 2. The highest BCUT2D eigenvalue weighted by Crippen LogP contribution is 2.43. The quantitative estimate of drug-likeness (QED) is 0.302. The van der Waals surface area contributed by atoms with E-state index in [9.17, 15) is 14.7 Å². The zero-order valence-electron chi connectivity index (χ0n) is 20.3. The molecule has 0 aliphatic carbocycles. The van der Waals surface area contributed by atoms with E-state index in [4.69, 9.17) is 9.15 Å². The number of hydrogen-bond donors (Lipinski definition) is 1. The molecule has 1 amide bonds. The molecule has 1 fully saturated rings. The van der Waals surface area contributed by atoms with E-state index in [1.807, 2.05) is 25.1 Å². The molecular formula is C28H29NO5. The number of amides is 1. The van der Waals surface area contributed by atoms with Gasteiger partial charge in [0.1, 0.15) is 29.1 Å². The molecule has 1 aliphatic heterocycles. The third kappa shape index (κ3) is 4.00. The number of nitrogens with zero attached hydrogens (tertiary/aromatic N) is 1. The van der Waals surface area contributed by atoms with Crippen LogP contribution in [0.3, 0.4) is 0 Å². The minimum Gasteiger partial charge on any atom is -0.507 e. The van der Waals surface area contributed by atoms with E-state index in [-0.39, 0.29) is 16.7 Å². The Balaban J connectivity index is 1.94. The second kappa shape index (κ2) is 8.52. The minimum absolute atomic E-state index is 0.00401. The second-order valence-corrected chi connectivity index (χ2v) is 9.60. The van der Waals surface area contributed by atoms with Gasteiger partial charge in [-0.2, -0.15) is 0 Å². The maximum Gasteiger partial charge on any atom is 0.300 e. The van der Waals surface area contributed by atoms with E-state index in [1.165, 1.54) is 4.90 Å². The van der Waals surface area contributed by atoms with Gasteiger partial charge in [0.05, 0.1) is 12.7 Å². The maximum absolute atomic E-state index is 13.3. The highest BCUT2D eigenvalue weighted by Gasteiger charge is 2.48. The average molecular weight is 460 g/mol. The summed E-state index contributed by atoms with van der Waals surface area (Å²) in [5, 5.41) is 11.5. The molecule has 6 nitrogen and oxygen atoms in total. The van der Waals surface area contributed by atoms with E-state index in [0.717, 1.165) is 11.1 Å². The number of aliphatic hydroxyl groups excluding tert-OH is 1. The van der Waals surface area contributed by atoms with Gasteiger partial charge in [0.25, 0.3) is 11.7 Å². The van der Waals surface area contributed by atoms with Gasteiger partial charge in [-0.25, -0.2) is 0 Å². The highest BCUT2D eigenvalue weighted by molar-refractivity contribution is 6.51. The van der Waals surface area contributed by atoms with Gasteiger partial charge in [-0.05, 0) is 72.9 Å². The third-order valence-electron chi connectivity index (χ3n) is 6.18. The fourth-order valence-electron chi connectivity index (χ4n) is 4.20. The van der Waals surface area contributed by atoms with Crippen molar-refractivity contribution in [1.82, 2.24) is 0 Å². The van der Waals surface area contributed by atoms with Crippen molar-refractivity contribution in [2.75, 3.05) is 12.0 Å². The molecular weight excluding hydrogens is 430 g/mol. The molecule has 2 heterocycles. The standard InChI is InChI=1S/C28H29NO5/c1-16-7-9-18(28(3,4)5)15-21(16)25(30)23-24(22-14-8-17(2)34-22)29(27(32)26(23)31)19-10-12-20(33-6)13-11-19/h7-15,24,30H,1-6H3/b25-23+. The number of aliphatic hydroxyl groups is 1. The lowest BCUT2D eigenvalue weighted by molar-refractivity contribution is -0.132. The van der Waals surface area contributed by atoms with Crippen molar-refractivity contribution < 1.29 is 23.8 Å². The van der Waals surface area contributed by atoms with Gasteiger partial charge >= 0.3 is 0 Å². The third-order valence-corrected chi connectivity index (χ3v) is 6.18. The summed E-state index contributed by atoms with van der Waals surface area (Å²) in [4.78, 5) is 28.0. The predicted molar refractivity (Wildman–Crippen MR) is 131 cm³/mol. The van der Waals surface area contributed by atoms with Crippen LogP contribution in [0.5, 0.6) is 5.75 Å². The Morgan fingerprint density at radius 3 is 2.24 bits per heavy atom. The molecule has 1 atom stereocenters. The van der Waals surface area contributed by atoms with Crippen molar-refractivity contribution in [2.45, 2.75) is 46.1 Å². The first kappa shape index (κ1) is 23.4. The largest absolute Gasteiger partial charge is 0.507 e. The fourth-order valence-corrected chi connectivity index (χ4v) is 4.20. The number of furan rings is 1. The molecule has 1 aliphatic rings. The van der Waals surface area contributed by atoms with Crippen LogP contribution in [0, 0.1) is 13.8 Å². The number of aryl methyl sites for hydroxylation is 2. The zero-order valence-corrected chi connectivity index (χ0v) is 20.3. The molecule has 0 radical (unpaired) electrons. The lowest BCUT2D eigenvalue weighted by atomic mass is 9.84. The number of ketones is 1. The van der Waals surface area contributed by atoms with Crippen LogP contribution in [0.1, 0.15) is 55.0 Å². The van der Waals surface area contributed by atoms with Gasteiger partial charge in [0.15, 0.2) is 0 Å². The number of ether oxygens (including phenoxy) is 1. The molecule has 2 aromatic carbocycles. The fraction of sp³-hybridized carbons (Fsp3) is 0.286. The number of carbonyl (C=O) groups is 2. The smallest absolute Gasteiger partial charge is 0.300 e. The Morgan fingerprint density at radius 2 is 1.68 bits per heavy atom. The van der Waals surface area contributed by atoms with E-state index in [1.54, 1.807) is 50.4 Å². The zero-order chi connectivity index (χ0) is 24.8. The molecule has 0 saturated carbocycles. The van der Waals surface area contributed by atoms with Crippen LogP contribution in [0.25, 0.3) is 5.76 Å². The Bertz CT molecular complexity index is 1290. The summed E-state index contributed by atoms with van der Waals surface area (Å²) in [7, 11) is 1.56. The summed E-state index contributed by atoms with van der Waals surface area (Å²) in [6, 6.07) is 15.3. The Kier molecular flexibility index (Phi) is 5.86. The summed E-state index contributed by atoms with van der Waals surface area (Å²) < 4.78 is 11.1. The van der Waals surface area contributed by atoms with Gasteiger partial charge in [-0.3, -0.25) is 14.5 Å². The molecule has 0 spiro atoms. The van der Waals surface area contributed by atoms with Gasteiger partial charge in [0, 0.05) is 11.3 Å². The number of benzene rings is 2. The molecule has 1 saturated heterocycles. The minimum atomic E-state index is -0.903. The Hall–Kier alpha value is -3.80. The van der Waals surface area contributed by atoms with Crippen LogP contribution in [0.15, 0.2) is 64.6 Å². The van der Waals surface area contributed by atoms with Crippen molar-refractivity contribution >= 4 is 23.1 Å². The van der Waals surface area contributed by atoms with Crippen LogP contribution < -0.4 is 9.64 Å². The van der Waals surface area contributed by atoms with E-state index in [2.05, 4.69) is 20.8 Å². The van der Waals surface area contributed by atoms with Crippen LogP contribution in [0.4, 0.5) is 5.69 Å². The Labute approximate surface area is 199 Å². The molecule has 1 N–H and O–H groups in total. The predicted octanol–water partition coefficient (Wildman–Crippen LogP) is 5.83. The van der Waals surface area contributed by atoms with Crippen molar-refractivity contribution in [3.05, 3.63) is 88.4 Å². The van der Waals surface area contributed by atoms with E-state index < -0.39 is 17.7 Å². The number of Topliss-reactive ketones (excluding diaryl/α,β-unsaturated/α-hetero) is 1. The number of hydrogen-bond acceptors (Lipinski definition) is 5. The summed E-state index contributed by atoms with van der Waals surface area (Å²) in [6.45, 7) is 9.90. The number of methoxy groups -OCH3 is 1. The summed E-state index contributed by atoms with van der Waals surface area (Å²) in [5.41, 5.74) is 2.68. The molecule has 6 heteroatoms. The first-order valence-corrected chi connectivity index (χ1v) is 11.2. The van der Waals surface area contributed by atoms with Crippen molar-refractivity contribution in [2.24, 2.45) is 0 Å². The monoisotopic (exact) mass is 459 g/mol. The van der Waals surface area contributed by atoms with Crippen LogP contribution in [-0.4, -0.2) is 23.9 Å². The highest BCUT2D eigenvalue weighted by atomic mass is 16.5. The summed E-state index contributed by atoms with van der Waals surface area (Å²) in [6.07, 6.45) is 0. The SMILES string of the molecule is COc1ccc(N2C(=O)C(=O)/C(=C(/O)c3cc(C(C)(C)C)ccc3C)C2c2ccc(C)o2)cc1. The van der Waals surface area contributed by atoms with E-state index in [0.29, 0.717) is 28.5 Å². The number of rotatable bonds is 4. The molecule has 0 bridgehead atoms. The molecule has 34 heavy (non-hydrogen) atoms. The molecule has 1 aromatic heterocycles. The first-order valence-electron chi connectivity index (χ1n) is 11.2. The average Bonchev–Trinajstić information content (AvgIpc) is 3.33. The van der Waals surface area contributed by atoms with Gasteiger partial charge in [0.2, 0.25) is 0 Å². The topological polar surface area (TPSA) is 80.0 Å². The lowest BCUT2D eigenvalue weighted by Gasteiger charge is -2.24. The lowest BCUT2D eigenvalue weighted by Crippen LogP contribution is -2.29. The van der Waals surface area contributed by atoms with Gasteiger partial charge < -0.3 is 14.3 Å². The van der Waals surface area contributed by atoms with Crippen LogP contribution >= 0.6 is 0 Å². The first-order chi connectivity index (χ1) is 16.0.